The third-order valence-electron chi connectivity index (χ3n) is 4.23. The van der Waals surface area contributed by atoms with Crippen molar-refractivity contribution in [3.05, 3.63) is 29.1 Å². The maximum Gasteiger partial charge on any atom is 0.229 e. The first-order chi connectivity index (χ1) is 11.1. The van der Waals surface area contributed by atoms with Crippen molar-refractivity contribution in [2.24, 2.45) is 11.7 Å². The zero-order chi connectivity index (χ0) is 16.4. The number of benzene rings is 1. The van der Waals surface area contributed by atoms with Gasteiger partial charge in [0.25, 0.3) is 0 Å². The van der Waals surface area contributed by atoms with Crippen LogP contribution in [0.1, 0.15) is 24.1 Å². The summed E-state index contributed by atoms with van der Waals surface area (Å²) in [5.41, 5.74) is 7.80. The molecule has 0 saturated heterocycles. The Morgan fingerprint density at radius 2 is 2.04 bits per heavy atom. The van der Waals surface area contributed by atoms with Crippen LogP contribution in [0.5, 0.6) is 5.75 Å². The molecule has 3 rings (SSSR count). The molecule has 5 nitrogen and oxygen atoms in total. The first-order valence-corrected chi connectivity index (χ1v) is 8.56. The number of nitrogens with two attached hydrogens (primary N) is 1. The molecule has 1 fully saturated rings. The molecular formula is C17H22ClN3O2S. The summed E-state index contributed by atoms with van der Waals surface area (Å²) in [7, 11) is 1.64. The Morgan fingerprint density at radius 3 is 2.62 bits per heavy atom. The highest BCUT2D eigenvalue weighted by molar-refractivity contribution is 7.16. The molecule has 1 saturated carbocycles. The first-order valence-electron chi connectivity index (χ1n) is 7.75. The summed E-state index contributed by atoms with van der Waals surface area (Å²) in [5.74, 6) is 0.861. The van der Waals surface area contributed by atoms with Crippen LogP contribution in [-0.4, -0.2) is 24.0 Å². The third kappa shape index (κ3) is 4.06. The number of anilines is 1. The maximum absolute atomic E-state index is 12.3. The topological polar surface area (TPSA) is 77.2 Å². The molecule has 130 valence electrons. The highest BCUT2D eigenvalue weighted by atomic mass is 35.5. The smallest absolute Gasteiger partial charge is 0.229 e. The quantitative estimate of drug-likeness (QED) is 0.865. The molecule has 0 radical (unpaired) electrons. The van der Waals surface area contributed by atoms with E-state index in [0.717, 1.165) is 41.1 Å². The summed E-state index contributed by atoms with van der Waals surface area (Å²) in [4.78, 5) is 17.9. The number of ether oxygens (including phenoxy) is 1. The highest BCUT2D eigenvalue weighted by Gasteiger charge is 2.28. The number of amides is 1. The van der Waals surface area contributed by atoms with E-state index in [2.05, 4.69) is 10.3 Å². The number of halogens is 1. The van der Waals surface area contributed by atoms with Crippen LogP contribution in [0.25, 0.3) is 11.3 Å². The number of hydrogen-bond acceptors (Lipinski definition) is 5. The Bertz CT molecular complexity index is 702. The number of nitrogens with one attached hydrogen (secondary N) is 1. The largest absolute Gasteiger partial charge is 0.497 e. The molecule has 1 aliphatic rings. The van der Waals surface area contributed by atoms with Crippen molar-refractivity contribution in [3.8, 4) is 17.0 Å². The van der Waals surface area contributed by atoms with E-state index in [4.69, 9.17) is 10.5 Å². The number of nitrogens with zero attached hydrogens (tertiary/aromatic N) is 1. The van der Waals surface area contributed by atoms with Crippen molar-refractivity contribution >= 4 is 34.8 Å². The third-order valence-corrected chi connectivity index (χ3v) is 5.12. The van der Waals surface area contributed by atoms with Crippen LogP contribution in [0, 0.1) is 12.8 Å². The average Bonchev–Trinajstić information content (AvgIpc) is 3.13. The van der Waals surface area contributed by atoms with Gasteiger partial charge in [-0.1, -0.05) is 0 Å². The van der Waals surface area contributed by atoms with Gasteiger partial charge in [-0.3, -0.25) is 4.79 Å². The van der Waals surface area contributed by atoms with Crippen molar-refractivity contribution in [2.75, 3.05) is 12.4 Å². The van der Waals surface area contributed by atoms with Crippen molar-refractivity contribution < 1.29 is 9.53 Å². The SMILES string of the molecule is COc1ccc(-c2nc(NC(=O)C3CCC(N)C3)sc2C)cc1.Cl. The lowest BCUT2D eigenvalue weighted by Gasteiger charge is -2.08. The normalized spacial score (nSPS) is 19.6. The van der Waals surface area contributed by atoms with Crippen LogP contribution in [0.2, 0.25) is 0 Å². The molecule has 7 heteroatoms. The van der Waals surface area contributed by atoms with Crippen molar-refractivity contribution in [2.45, 2.75) is 32.2 Å². The van der Waals surface area contributed by atoms with E-state index >= 15 is 0 Å². The summed E-state index contributed by atoms with van der Waals surface area (Å²) in [6, 6.07) is 7.92. The van der Waals surface area contributed by atoms with E-state index in [1.54, 1.807) is 7.11 Å². The lowest BCUT2D eigenvalue weighted by molar-refractivity contribution is -0.119. The van der Waals surface area contributed by atoms with Gasteiger partial charge in [-0.15, -0.1) is 23.7 Å². The summed E-state index contributed by atoms with van der Waals surface area (Å²) in [5, 5.41) is 3.60. The summed E-state index contributed by atoms with van der Waals surface area (Å²) >= 11 is 1.50. The van der Waals surface area contributed by atoms with E-state index in [1.165, 1.54) is 11.3 Å². The second-order valence-electron chi connectivity index (χ2n) is 5.91. The fourth-order valence-electron chi connectivity index (χ4n) is 2.93. The molecule has 24 heavy (non-hydrogen) atoms. The molecule has 1 amide bonds. The van der Waals surface area contributed by atoms with E-state index in [9.17, 15) is 4.79 Å². The van der Waals surface area contributed by atoms with Gasteiger partial charge in [0.2, 0.25) is 5.91 Å². The molecule has 2 aromatic rings. The Morgan fingerprint density at radius 1 is 1.33 bits per heavy atom. The van der Waals surface area contributed by atoms with Crippen LogP contribution in [0.3, 0.4) is 0 Å². The van der Waals surface area contributed by atoms with Crippen LogP contribution in [0.15, 0.2) is 24.3 Å². The minimum atomic E-state index is 0. The molecule has 0 aliphatic heterocycles. The van der Waals surface area contributed by atoms with Gasteiger partial charge in [0.1, 0.15) is 5.75 Å². The van der Waals surface area contributed by atoms with Crippen LogP contribution in [-0.2, 0) is 4.79 Å². The Balaban J connectivity index is 0.00000208. The lowest BCUT2D eigenvalue weighted by Crippen LogP contribution is -2.23. The van der Waals surface area contributed by atoms with Gasteiger partial charge < -0.3 is 15.8 Å². The fourth-order valence-corrected chi connectivity index (χ4v) is 3.77. The van der Waals surface area contributed by atoms with Gasteiger partial charge in [0, 0.05) is 22.4 Å². The average molecular weight is 368 g/mol. The number of aryl methyl sites for hydroxylation is 1. The minimum Gasteiger partial charge on any atom is -0.497 e. The minimum absolute atomic E-state index is 0. The molecule has 2 unspecified atom stereocenters. The standard InChI is InChI=1S/C17H21N3O2S.ClH/c1-10-15(11-4-7-14(22-2)8-5-11)19-17(23-10)20-16(21)12-3-6-13(18)9-12;/h4-5,7-8,12-13H,3,6,9,18H2,1-2H3,(H,19,20,21);1H. The second kappa shape index (κ2) is 7.96. The molecule has 1 aromatic heterocycles. The molecule has 0 spiro atoms. The summed E-state index contributed by atoms with van der Waals surface area (Å²) in [6.45, 7) is 2.01. The molecule has 2 atom stereocenters. The zero-order valence-corrected chi connectivity index (χ0v) is 15.4. The molecule has 1 aromatic carbocycles. The molecule has 1 heterocycles. The van der Waals surface area contributed by atoms with Gasteiger partial charge in [0.15, 0.2) is 5.13 Å². The number of rotatable bonds is 4. The first kappa shape index (κ1) is 18.7. The van der Waals surface area contributed by atoms with Gasteiger partial charge in [0.05, 0.1) is 12.8 Å². The number of carbonyl (C=O) groups is 1. The van der Waals surface area contributed by atoms with Crippen LogP contribution >= 0.6 is 23.7 Å². The van der Waals surface area contributed by atoms with Gasteiger partial charge in [-0.05, 0) is 50.5 Å². The molecule has 1 aliphatic carbocycles. The van der Waals surface area contributed by atoms with Gasteiger partial charge in [-0.2, -0.15) is 0 Å². The van der Waals surface area contributed by atoms with E-state index in [1.807, 2.05) is 31.2 Å². The van der Waals surface area contributed by atoms with E-state index in [-0.39, 0.29) is 30.3 Å². The van der Waals surface area contributed by atoms with Gasteiger partial charge in [-0.25, -0.2) is 4.98 Å². The highest BCUT2D eigenvalue weighted by Crippen LogP contribution is 2.32. The summed E-state index contributed by atoms with van der Waals surface area (Å²) in [6.07, 6.45) is 2.55. The zero-order valence-electron chi connectivity index (χ0n) is 13.7. The van der Waals surface area contributed by atoms with Crippen molar-refractivity contribution in [1.29, 1.82) is 0 Å². The number of thiazole rings is 1. The molecular weight excluding hydrogens is 346 g/mol. The number of aromatic nitrogens is 1. The van der Waals surface area contributed by atoms with Gasteiger partial charge >= 0.3 is 0 Å². The van der Waals surface area contributed by atoms with Crippen LogP contribution < -0.4 is 15.8 Å². The number of methoxy groups -OCH3 is 1. The number of carbonyl (C=O) groups excluding carboxylic acids is 1. The Labute approximate surface area is 152 Å². The maximum atomic E-state index is 12.3. The van der Waals surface area contributed by atoms with Crippen LogP contribution in [0.4, 0.5) is 5.13 Å². The Hall–Kier alpha value is -1.63. The van der Waals surface area contributed by atoms with E-state index in [0.29, 0.717) is 5.13 Å². The Kier molecular flexibility index (Phi) is 6.21. The monoisotopic (exact) mass is 367 g/mol. The van der Waals surface area contributed by atoms with Crippen molar-refractivity contribution in [3.63, 3.8) is 0 Å². The van der Waals surface area contributed by atoms with Crippen molar-refractivity contribution in [1.82, 2.24) is 4.98 Å². The molecule has 3 N–H and O–H groups in total. The lowest BCUT2D eigenvalue weighted by atomic mass is 10.1. The fraction of sp³-hybridized carbons (Fsp3) is 0.412. The predicted molar refractivity (Wildman–Crippen MR) is 100 cm³/mol. The second-order valence-corrected chi connectivity index (χ2v) is 7.11. The van der Waals surface area contributed by atoms with E-state index < -0.39 is 0 Å². The number of hydrogen-bond donors (Lipinski definition) is 2. The summed E-state index contributed by atoms with van der Waals surface area (Å²) < 4.78 is 5.17. The molecule has 0 bridgehead atoms. The predicted octanol–water partition coefficient (Wildman–Crippen LogP) is 3.61.